The summed E-state index contributed by atoms with van der Waals surface area (Å²) in [6.45, 7) is 6.03. The zero-order valence-corrected chi connectivity index (χ0v) is 15.1. The van der Waals surface area contributed by atoms with E-state index in [1.165, 1.54) is 18.2 Å². The van der Waals surface area contributed by atoms with E-state index < -0.39 is 0 Å². The lowest BCUT2D eigenvalue weighted by molar-refractivity contribution is -0.136. The highest BCUT2D eigenvalue weighted by molar-refractivity contribution is 7.95. The minimum Gasteiger partial charge on any atom is -0.338 e. The number of halogens is 1. The molecule has 0 radical (unpaired) electrons. The van der Waals surface area contributed by atoms with Gasteiger partial charge in [-0.1, -0.05) is 6.58 Å². The number of hydrogen-bond donors (Lipinski definition) is 3. The van der Waals surface area contributed by atoms with Crippen LogP contribution >= 0.6 is 23.7 Å². The van der Waals surface area contributed by atoms with Gasteiger partial charge in [0, 0.05) is 50.4 Å². The third-order valence-electron chi connectivity index (χ3n) is 4.98. The average molecular weight is 374 g/mol. The Balaban J connectivity index is 1.47. The third kappa shape index (κ3) is 3.88. The fourth-order valence-electron chi connectivity index (χ4n) is 3.52. The zero-order chi connectivity index (χ0) is 17.1. The van der Waals surface area contributed by atoms with Crippen LogP contribution in [0.25, 0.3) is 0 Å². The molecule has 0 spiro atoms. The van der Waals surface area contributed by atoms with Crippen LogP contribution in [0.5, 0.6) is 0 Å². The van der Waals surface area contributed by atoms with Gasteiger partial charge in [0.1, 0.15) is 0 Å². The maximum atomic E-state index is 12.4. The predicted molar refractivity (Wildman–Crippen MR) is 95.5 cm³/mol. The topological polar surface area (TPSA) is 76.7 Å². The first-order valence-electron chi connectivity index (χ1n) is 8.33. The molecule has 3 fully saturated rings. The summed E-state index contributed by atoms with van der Waals surface area (Å²) >= 11 is 7.98. The fraction of sp³-hybridized carbons (Fsp3) is 0.733. The standard InChI is InChI=1S/C15H24ClN5O2S/c1-2-12(22)20-5-7-21(8-6-20)13(23)9-17-14-10(16)3-4-11-15(14)19-24-18-11/h2,10-11,14-15,17-19H,1,3-9H2. The van der Waals surface area contributed by atoms with Gasteiger partial charge >= 0.3 is 0 Å². The van der Waals surface area contributed by atoms with E-state index in [9.17, 15) is 9.59 Å². The summed E-state index contributed by atoms with van der Waals surface area (Å²) in [6.07, 6.45) is 3.30. The highest BCUT2D eigenvalue weighted by Crippen LogP contribution is 2.29. The Morgan fingerprint density at radius 1 is 1.21 bits per heavy atom. The van der Waals surface area contributed by atoms with Crippen LogP contribution in [0.3, 0.4) is 0 Å². The van der Waals surface area contributed by atoms with Gasteiger partial charge in [0.05, 0.1) is 18.0 Å². The van der Waals surface area contributed by atoms with Crippen molar-refractivity contribution in [2.45, 2.75) is 36.3 Å². The van der Waals surface area contributed by atoms with Crippen molar-refractivity contribution in [3.05, 3.63) is 12.7 Å². The maximum absolute atomic E-state index is 12.4. The van der Waals surface area contributed by atoms with Crippen molar-refractivity contribution in [1.29, 1.82) is 0 Å². The van der Waals surface area contributed by atoms with Crippen LogP contribution in [0.2, 0.25) is 0 Å². The maximum Gasteiger partial charge on any atom is 0.246 e. The molecule has 3 aliphatic rings. The zero-order valence-electron chi connectivity index (χ0n) is 13.5. The number of nitrogens with one attached hydrogen (secondary N) is 3. The summed E-state index contributed by atoms with van der Waals surface area (Å²) in [5.41, 5.74) is 0. The molecule has 3 rings (SSSR count). The predicted octanol–water partition coefficient (Wildman–Crippen LogP) is -0.304. The Kier molecular flexibility index (Phi) is 6.04. The first-order valence-corrected chi connectivity index (χ1v) is 9.59. The Morgan fingerprint density at radius 3 is 2.62 bits per heavy atom. The van der Waals surface area contributed by atoms with Gasteiger partial charge in [-0.25, -0.2) is 9.44 Å². The number of amides is 2. The number of alkyl halides is 1. The number of rotatable bonds is 4. The molecule has 2 aliphatic heterocycles. The first-order chi connectivity index (χ1) is 11.6. The van der Waals surface area contributed by atoms with E-state index >= 15 is 0 Å². The van der Waals surface area contributed by atoms with Crippen LogP contribution in [-0.4, -0.2) is 77.8 Å². The number of carbonyl (C=O) groups is 2. The third-order valence-corrected chi connectivity index (χ3v) is 6.28. The molecule has 0 aromatic rings. The molecular formula is C15H24ClN5O2S. The quantitative estimate of drug-likeness (QED) is 0.357. The van der Waals surface area contributed by atoms with Gasteiger partial charge in [0.15, 0.2) is 0 Å². The number of hydrogen-bond acceptors (Lipinski definition) is 6. The lowest BCUT2D eigenvalue weighted by Gasteiger charge is -2.38. The van der Waals surface area contributed by atoms with Crippen molar-refractivity contribution in [2.24, 2.45) is 0 Å². The molecule has 134 valence electrons. The van der Waals surface area contributed by atoms with E-state index in [4.69, 9.17) is 11.6 Å². The van der Waals surface area contributed by atoms with Crippen LogP contribution in [0, 0.1) is 0 Å². The molecule has 0 bridgehead atoms. The van der Waals surface area contributed by atoms with Crippen LogP contribution in [-0.2, 0) is 9.59 Å². The molecule has 3 N–H and O–H groups in total. The second-order valence-corrected chi connectivity index (χ2v) is 7.62. The summed E-state index contributed by atoms with van der Waals surface area (Å²) in [5, 5.41) is 3.37. The Bertz CT molecular complexity index is 500. The molecule has 9 heteroatoms. The van der Waals surface area contributed by atoms with Crippen LogP contribution in [0.1, 0.15) is 12.8 Å². The molecule has 2 heterocycles. The molecule has 24 heavy (non-hydrogen) atoms. The number of carbonyl (C=O) groups excluding carboxylic acids is 2. The van der Waals surface area contributed by atoms with Gasteiger partial charge in [-0.15, -0.1) is 11.6 Å². The number of nitrogens with zero attached hydrogens (tertiary/aromatic N) is 2. The largest absolute Gasteiger partial charge is 0.338 e. The lowest BCUT2D eigenvalue weighted by Crippen LogP contribution is -2.60. The van der Waals surface area contributed by atoms with E-state index in [1.807, 2.05) is 0 Å². The fourth-order valence-corrected chi connectivity index (χ4v) is 4.82. The summed E-state index contributed by atoms with van der Waals surface area (Å²) in [7, 11) is 0. The van der Waals surface area contributed by atoms with Crippen molar-refractivity contribution >= 4 is 35.5 Å². The van der Waals surface area contributed by atoms with Crippen molar-refractivity contribution in [1.82, 2.24) is 24.6 Å². The van der Waals surface area contributed by atoms with E-state index in [2.05, 4.69) is 21.3 Å². The Labute approximate surface area is 151 Å². The van der Waals surface area contributed by atoms with Gasteiger partial charge in [-0.05, 0) is 18.9 Å². The molecule has 4 atom stereocenters. The molecule has 4 unspecified atom stereocenters. The minimum atomic E-state index is -0.0734. The van der Waals surface area contributed by atoms with E-state index in [-0.39, 0.29) is 35.8 Å². The molecular weight excluding hydrogens is 350 g/mol. The van der Waals surface area contributed by atoms with E-state index in [1.54, 1.807) is 9.80 Å². The van der Waals surface area contributed by atoms with Crippen molar-refractivity contribution in [3.63, 3.8) is 0 Å². The minimum absolute atomic E-state index is 0.0223. The normalized spacial score (nSPS) is 33.2. The highest BCUT2D eigenvalue weighted by Gasteiger charge is 2.41. The van der Waals surface area contributed by atoms with Gasteiger partial charge < -0.3 is 15.1 Å². The second kappa shape index (κ2) is 8.05. The van der Waals surface area contributed by atoms with Crippen molar-refractivity contribution in [3.8, 4) is 0 Å². The Morgan fingerprint density at radius 2 is 1.92 bits per heavy atom. The molecule has 2 amide bonds. The van der Waals surface area contributed by atoms with Crippen molar-refractivity contribution in [2.75, 3.05) is 32.7 Å². The van der Waals surface area contributed by atoms with Gasteiger partial charge in [-0.3, -0.25) is 9.59 Å². The summed E-state index contributed by atoms with van der Waals surface area (Å²) in [5.74, 6) is -0.0129. The monoisotopic (exact) mass is 373 g/mol. The Hall–Kier alpha value is -0.800. The van der Waals surface area contributed by atoms with Gasteiger partial charge in [-0.2, -0.15) is 0 Å². The van der Waals surface area contributed by atoms with Crippen LogP contribution in [0.4, 0.5) is 0 Å². The van der Waals surface area contributed by atoms with Crippen LogP contribution < -0.4 is 14.8 Å². The first kappa shape index (κ1) is 18.0. The molecule has 0 aromatic carbocycles. The molecule has 1 saturated carbocycles. The highest BCUT2D eigenvalue weighted by atomic mass is 35.5. The number of piperazine rings is 1. The second-order valence-electron chi connectivity index (χ2n) is 6.38. The van der Waals surface area contributed by atoms with Crippen molar-refractivity contribution < 1.29 is 9.59 Å². The van der Waals surface area contributed by atoms with E-state index in [0.29, 0.717) is 32.2 Å². The van der Waals surface area contributed by atoms with Gasteiger partial charge in [0.25, 0.3) is 0 Å². The molecule has 0 aromatic heterocycles. The average Bonchev–Trinajstić information content (AvgIpc) is 3.09. The SMILES string of the molecule is C=CC(=O)N1CCN(C(=O)CNC2C(Cl)CCC3NSNC32)CC1. The van der Waals surface area contributed by atoms with Crippen LogP contribution in [0.15, 0.2) is 12.7 Å². The number of fused-ring (bicyclic) bond motifs is 1. The molecule has 7 nitrogen and oxygen atoms in total. The lowest BCUT2D eigenvalue weighted by atomic mass is 9.86. The van der Waals surface area contributed by atoms with Gasteiger partial charge in [0.2, 0.25) is 11.8 Å². The molecule has 2 saturated heterocycles. The molecule has 1 aliphatic carbocycles. The summed E-state index contributed by atoms with van der Waals surface area (Å²) in [4.78, 5) is 27.5. The summed E-state index contributed by atoms with van der Waals surface area (Å²) < 4.78 is 6.69. The smallest absolute Gasteiger partial charge is 0.246 e. The summed E-state index contributed by atoms with van der Waals surface area (Å²) in [6, 6.07) is 0.702. The van der Waals surface area contributed by atoms with E-state index in [0.717, 1.165) is 12.8 Å².